The SMILES string of the molecule is CC(C)N(CCCCl)C(=O)c1ccccc1C(C)(C)C. The summed E-state index contributed by atoms with van der Waals surface area (Å²) in [4.78, 5) is 14.8. The van der Waals surface area contributed by atoms with Crippen molar-refractivity contribution >= 4 is 17.5 Å². The Kier molecular flexibility index (Phi) is 6.07. The van der Waals surface area contributed by atoms with Crippen LogP contribution < -0.4 is 0 Å². The molecule has 2 nitrogen and oxygen atoms in total. The van der Waals surface area contributed by atoms with Gasteiger partial charge in [0.2, 0.25) is 0 Å². The fourth-order valence-corrected chi connectivity index (χ4v) is 2.42. The lowest BCUT2D eigenvalue weighted by atomic mass is 9.83. The maximum atomic E-state index is 12.8. The predicted molar refractivity (Wildman–Crippen MR) is 86.7 cm³/mol. The first-order chi connectivity index (χ1) is 9.29. The highest BCUT2D eigenvalue weighted by Crippen LogP contribution is 2.27. The number of amides is 1. The molecule has 0 saturated carbocycles. The summed E-state index contributed by atoms with van der Waals surface area (Å²) in [6.07, 6.45) is 0.823. The van der Waals surface area contributed by atoms with Gasteiger partial charge in [-0.1, -0.05) is 39.0 Å². The predicted octanol–water partition coefficient (Wildman–Crippen LogP) is 4.46. The van der Waals surface area contributed by atoms with Crippen LogP contribution in [0.3, 0.4) is 0 Å². The monoisotopic (exact) mass is 295 g/mol. The molecule has 1 amide bonds. The number of carbonyl (C=O) groups excluding carboxylic acids is 1. The molecule has 3 heteroatoms. The van der Waals surface area contributed by atoms with Crippen LogP contribution in [0.2, 0.25) is 0 Å². The summed E-state index contributed by atoms with van der Waals surface area (Å²) in [5.74, 6) is 0.688. The third-order valence-electron chi connectivity index (χ3n) is 3.38. The summed E-state index contributed by atoms with van der Waals surface area (Å²) in [6, 6.07) is 8.09. The van der Waals surface area contributed by atoms with Crippen molar-refractivity contribution in [1.29, 1.82) is 0 Å². The second-order valence-corrected chi connectivity index (χ2v) is 6.81. The second kappa shape index (κ2) is 7.12. The van der Waals surface area contributed by atoms with E-state index < -0.39 is 0 Å². The van der Waals surface area contributed by atoms with E-state index >= 15 is 0 Å². The van der Waals surface area contributed by atoms with E-state index in [4.69, 9.17) is 11.6 Å². The van der Waals surface area contributed by atoms with Crippen molar-refractivity contribution < 1.29 is 4.79 Å². The summed E-state index contributed by atoms with van der Waals surface area (Å²) in [6.45, 7) is 11.2. The Morgan fingerprint density at radius 2 is 1.85 bits per heavy atom. The lowest BCUT2D eigenvalue weighted by Gasteiger charge is -2.30. The highest BCUT2D eigenvalue weighted by molar-refractivity contribution is 6.17. The smallest absolute Gasteiger partial charge is 0.254 e. The molecule has 1 aromatic carbocycles. The maximum absolute atomic E-state index is 12.8. The molecule has 112 valence electrons. The summed E-state index contributed by atoms with van der Waals surface area (Å²) in [5, 5.41) is 0. The minimum absolute atomic E-state index is 0.0403. The second-order valence-electron chi connectivity index (χ2n) is 6.43. The standard InChI is InChI=1S/C17H26ClNO/c1-13(2)19(12-8-11-18)16(20)14-9-6-7-10-15(14)17(3,4)5/h6-7,9-10,13H,8,11-12H2,1-5H3. The fourth-order valence-electron chi connectivity index (χ4n) is 2.30. The molecule has 0 bridgehead atoms. The van der Waals surface area contributed by atoms with E-state index in [0.29, 0.717) is 12.4 Å². The maximum Gasteiger partial charge on any atom is 0.254 e. The molecular formula is C17H26ClNO. The van der Waals surface area contributed by atoms with E-state index in [-0.39, 0.29) is 17.4 Å². The fraction of sp³-hybridized carbons (Fsp3) is 0.588. The van der Waals surface area contributed by atoms with Crippen LogP contribution in [0.25, 0.3) is 0 Å². The van der Waals surface area contributed by atoms with Crippen molar-refractivity contribution in [3.8, 4) is 0 Å². The van der Waals surface area contributed by atoms with Gasteiger partial charge in [0.05, 0.1) is 0 Å². The van der Waals surface area contributed by atoms with E-state index in [1.807, 2.05) is 43.0 Å². The van der Waals surface area contributed by atoms with Gasteiger partial charge in [0.25, 0.3) is 5.91 Å². The highest BCUT2D eigenvalue weighted by Gasteiger charge is 2.25. The van der Waals surface area contributed by atoms with Gasteiger partial charge in [-0.25, -0.2) is 0 Å². The normalized spacial score (nSPS) is 11.8. The molecule has 0 aliphatic rings. The van der Waals surface area contributed by atoms with Gasteiger partial charge in [-0.3, -0.25) is 4.79 Å². The van der Waals surface area contributed by atoms with Crippen LogP contribution in [0, 0.1) is 0 Å². The van der Waals surface area contributed by atoms with Crippen LogP contribution >= 0.6 is 11.6 Å². The lowest BCUT2D eigenvalue weighted by molar-refractivity contribution is 0.0704. The molecule has 0 aliphatic heterocycles. The first kappa shape index (κ1) is 17.0. The van der Waals surface area contributed by atoms with E-state index in [9.17, 15) is 4.79 Å². The third-order valence-corrected chi connectivity index (χ3v) is 3.65. The van der Waals surface area contributed by atoms with Crippen LogP contribution in [-0.2, 0) is 5.41 Å². The summed E-state index contributed by atoms with van der Waals surface area (Å²) in [5.41, 5.74) is 1.87. The molecule has 0 heterocycles. The molecule has 0 N–H and O–H groups in total. The van der Waals surface area contributed by atoms with Gasteiger partial charge in [-0.05, 0) is 37.3 Å². The van der Waals surface area contributed by atoms with Gasteiger partial charge >= 0.3 is 0 Å². The number of halogens is 1. The Morgan fingerprint density at radius 3 is 2.35 bits per heavy atom. The van der Waals surface area contributed by atoms with Crippen molar-refractivity contribution in [3.05, 3.63) is 35.4 Å². The lowest BCUT2D eigenvalue weighted by Crippen LogP contribution is -2.39. The van der Waals surface area contributed by atoms with Crippen molar-refractivity contribution in [2.24, 2.45) is 0 Å². The molecule has 0 saturated heterocycles. The number of carbonyl (C=O) groups is 1. The first-order valence-corrected chi connectivity index (χ1v) is 7.79. The molecule has 0 aromatic heterocycles. The van der Waals surface area contributed by atoms with E-state index in [2.05, 4.69) is 20.8 Å². The summed E-state index contributed by atoms with van der Waals surface area (Å²) < 4.78 is 0. The summed E-state index contributed by atoms with van der Waals surface area (Å²) in [7, 11) is 0. The molecule has 1 aromatic rings. The van der Waals surface area contributed by atoms with Crippen LogP contribution in [0.4, 0.5) is 0 Å². The Hall–Kier alpha value is -1.02. The van der Waals surface area contributed by atoms with Gasteiger partial charge < -0.3 is 4.90 Å². The Labute approximate surface area is 128 Å². The molecule has 0 fully saturated rings. The number of rotatable bonds is 5. The van der Waals surface area contributed by atoms with Crippen molar-refractivity contribution in [2.75, 3.05) is 12.4 Å². The first-order valence-electron chi connectivity index (χ1n) is 7.25. The average Bonchev–Trinajstić information content (AvgIpc) is 2.37. The average molecular weight is 296 g/mol. The van der Waals surface area contributed by atoms with E-state index in [0.717, 1.165) is 17.5 Å². The largest absolute Gasteiger partial charge is 0.336 e. The van der Waals surface area contributed by atoms with Gasteiger partial charge in [0.15, 0.2) is 0 Å². The molecular weight excluding hydrogens is 270 g/mol. The van der Waals surface area contributed by atoms with Gasteiger partial charge in [0.1, 0.15) is 0 Å². The highest BCUT2D eigenvalue weighted by atomic mass is 35.5. The Bertz CT molecular complexity index is 449. The van der Waals surface area contributed by atoms with Crippen molar-refractivity contribution in [2.45, 2.75) is 52.5 Å². The number of hydrogen-bond acceptors (Lipinski definition) is 1. The third kappa shape index (κ3) is 4.24. The van der Waals surface area contributed by atoms with Crippen LogP contribution in [0.1, 0.15) is 57.0 Å². The molecule has 0 atom stereocenters. The molecule has 0 aliphatic carbocycles. The zero-order valence-electron chi connectivity index (χ0n) is 13.2. The number of benzene rings is 1. The minimum atomic E-state index is -0.0403. The van der Waals surface area contributed by atoms with Crippen LogP contribution in [0.5, 0.6) is 0 Å². The topological polar surface area (TPSA) is 20.3 Å². The van der Waals surface area contributed by atoms with Gasteiger partial charge in [-0.15, -0.1) is 11.6 Å². The van der Waals surface area contributed by atoms with Crippen LogP contribution in [-0.4, -0.2) is 29.3 Å². The zero-order chi connectivity index (χ0) is 15.3. The molecule has 0 unspecified atom stereocenters. The van der Waals surface area contributed by atoms with Crippen LogP contribution in [0.15, 0.2) is 24.3 Å². The van der Waals surface area contributed by atoms with Crippen molar-refractivity contribution in [1.82, 2.24) is 4.90 Å². The van der Waals surface area contributed by atoms with Gasteiger partial charge in [-0.2, -0.15) is 0 Å². The Morgan fingerprint density at radius 1 is 1.25 bits per heavy atom. The number of alkyl halides is 1. The molecule has 20 heavy (non-hydrogen) atoms. The summed E-state index contributed by atoms with van der Waals surface area (Å²) >= 11 is 5.77. The van der Waals surface area contributed by atoms with Crippen molar-refractivity contribution in [3.63, 3.8) is 0 Å². The Balaban J connectivity index is 3.12. The number of nitrogens with zero attached hydrogens (tertiary/aromatic N) is 1. The quantitative estimate of drug-likeness (QED) is 0.734. The molecule has 0 radical (unpaired) electrons. The number of hydrogen-bond donors (Lipinski definition) is 0. The zero-order valence-corrected chi connectivity index (χ0v) is 14.0. The van der Waals surface area contributed by atoms with E-state index in [1.165, 1.54) is 0 Å². The minimum Gasteiger partial charge on any atom is -0.336 e. The van der Waals surface area contributed by atoms with E-state index in [1.54, 1.807) is 0 Å². The molecule has 1 rings (SSSR count). The molecule has 0 spiro atoms. The van der Waals surface area contributed by atoms with Gasteiger partial charge in [0, 0.05) is 24.0 Å².